The van der Waals surface area contributed by atoms with Gasteiger partial charge >= 0.3 is 5.69 Å². The van der Waals surface area contributed by atoms with E-state index in [4.69, 9.17) is 4.52 Å². The van der Waals surface area contributed by atoms with E-state index in [0.29, 0.717) is 22.1 Å². The Morgan fingerprint density at radius 1 is 1.17 bits per heavy atom. The number of fused-ring (bicyclic) bond motifs is 1. The molecule has 3 aromatic rings. The average molecular weight is 397 g/mol. The molecule has 0 bridgehead atoms. The van der Waals surface area contributed by atoms with E-state index in [1.165, 1.54) is 11.6 Å². The monoisotopic (exact) mass is 396 g/mol. The van der Waals surface area contributed by atoms with Crippen molar-refractivity contribution in [2.24, 2.45) is 14.1 Å². The zero-order valence-corrected chi connectivity index (χ0v) is 15.2. The van der Waals surface area contributed by atoms with Crippen LogP contribution in [0.15, 0.2) is 18.8 Å². The Bertz CT molecular complexity index is 1010. The van der Waals surface area contributed by atoms with Crippen molar-refractivity contribution in [1.82, 2.24) is 28.8 Å². The second kappa shape index (κ2) is 6.34. The summed E-state index contributed by atoms with van der Waals surface area (Å²) in [6.45, 7) is 2.33. The van der Waals surface area contributed by atoms with Crippen LogP contribution in [-0.2, 0) is 27.1 Å². The quantitative estimate of drug-likeness (QED) is 0.595. The molecular weight excluding hydrogens is 380 g/mol. The molecule has 9 nitrogen and oxygen atoms in total. The van der Waals surface area contributed by atoms with Gasteiger partial charge in [0.25, 0.3) is 5.56 Å². The number of aromatic nitrogens is 6. The normalized spacial score (nSPS) is 11.5. The lowest BCUT2D eigenvalue weighted by molar-refractivity contribution is 0.369. The van der Waals surface area contributed by atoms with Gasteiger partial charge in [-0.25, -0.2) is 9.78 Å². The first-order valence-electron chi connectivity index (χ1n) is 7.57. The van der Waals surface area contributed by atoms with Gasteiger partial charge in [0, 0.05) is 20.5 Å². The van der Waals surface area contributed by atoms with Gasteiger partial charge in [0.2, 0.25) is 5.89 Å². The van der Waals surface area contributed by atoms with Gasteiger partial charge in [-0.2, -0.15) is 4.98 Å². The summed E-state index contributed by atoms with van der Waals surface area (Å²) in [4.78, 5) is 33.0. The summed E-state index contributed by atoms with van der Waals surface area (Å²) in [6.07, 6.45) is 2.75. The Balaban J connectivity index is 2.07. The molecule has 0 aliphatic rings. The fourth-order valence-corrected chi connectivity index (χ4v) is 3.00. The van der Waals surface area contributed by atoms with Gasteiger partial charge in [-0.05, 0) is 22.4 Å². The minimum absolute atomic E-state index is 0.209. The first-order valence-corrected chi connectivity index (χ1v) is 8.36. The largest absolute Gasteiger partial charge is 0.339 e. The molecule has 128 valence electrons. The maximum absolute atomic E-state index is 12.2. The van der Waals surface area contributed by atoms with Crippen molar-refractivity contribution in [3.63, 3.8) is 0 Å². The van der Waals surface area contributed by atoms with Crippen LogP contribution in [0.1, 0.15) is 31.5 Å². The standard InChI is InChI=1S/C14H17BrN6O3/c1-4-5-6-9-16-8(18-24-9)7-21-11-10(17-13(21)15)12(22)20(3)14(23)19(11)2/h4-7H2,1-3H3. The smallest absolute Gasteiger partial charge is 0.332 e. The SMILES string of the molecule is CCCCc1nc(Cn2c(Br)nc3c(=O)n(C)c(=O)n(C)c32)no1. The number of nitrogens with zero attached hydrogens (tertiary/aromatic N) is 6. The zero-order valence-electron chi connectivity index (χ0n) is 13.6. The third-order valence-electron chi connectivity index (χ3n) is 3.85. The summed E-state index contributed by atoms with van der Waals surface area (Å²) in [5.41, 5.74) is -0.238. The number of imidazole rings is 1. The summed E-state index contributed by atoms with van der Waals surface area (Å²) in [5, 5.41) is 3.96. The van der Waals surface area contributed by atoms with E-state index in [1.807, 2.05) is 0 Å². The van der Waals surface area contributed by atoms with E-state index >= 15 is 0 Å². The van der Waals surface area contributed by atoms with E-state index < -0.39 is 11.2 Å². The fraction of sp³-hybridized carbons (Fsp3) is 0.500. The Morgan fingerprint density at radius 2 is 1.92 bits per heavy atom. The molecule has 0 aliphatic carbocycles. The molecule has 0 aliphatic heterocycles. The van der Waals surface area contributed by atoms with Crippen molar-refractivity contribution in [3.05, 3.63) is 37.3 Å². The van der Waals surface area contributed by atoms with Crippen molar-refractivity contribution in [2.45, 2.75) is 32.7 Å². The first-order chi connectivity index (χ1) is 11.4. The molecule has 0 spiro atoms. The first kappa shape index (κ1) is 16.6. The molecule has 0 aromatic carbocycles. The van der Waals surface area contributed by atoms with E-state index in [2.05, 4.69) is 38.0 Å². The highest BCUT2D eigenvalue weighted by atomic mass is 79.9. The average Bonchev–Trinajstić information content (AvgIpc) is 3.14. The molecule has 3 rings (SSSR count). The van der Waals surface area contributed by atoms with Crippen molar-refractivity contribution < 1.29 is 4.52 Å². The van der Waals surface area contributed by atoms with Crippen LogP contribution >= 0.6 is 15.9 Å². The Labute approximate surface area is 145 Å². The van der Waals surface area contributed by atoms with Crippen molar-refractivity contribution in [2.75, 3.05) is 0 Å². The van der Waals surface area contributed by atoms with Gasteiger partial charge in [0.15, 0.2) is 21.7 Å². The van der Waals surface area contributed by atoms with Crippen LogP contribution < -0.4 is 11.2 Å². The molecule has 0 fully saturated rings. The Morgan fingerprint density at radius 3 is 2.62 bits per heavy atom. The van der Waals surface area contributed by atoms with Crippen LogP contribution in [0.25, 0.3) is 11.2 Å². The fourth-order valence-electron chi connectivity index (χ4n) is 2.53. The number of hydrogen-bond acceptors (Lipinski definition) is 6. The van der Waals surface area contributed by atoms with Crippen LogP contribution in [0.2, 0.25) is 0 Å². The maximum Gasteiger partial charge on any atom is 0.332 e. The van der Waals surface area contributed by atoms with Crippen LogP contribution in [0.3, 0.4) is 0 Å². The summed E-state index contributed by atoms with van der Waals surface area (Å²) < 4.78 is 9.73. The second-order valence-corrected chi connectivity index (χ2v) is 6.26. The van der Waals surface area contributed by atoms with Gasteiger partial charge in [0.1, 0.15) is 0 Å². The molecule has 3 heterocycles. The van der Waals surface area contributed by atoms with Crippen LogP contribution in [0, 0.1) is 0 Å². The molecular formula is C14H17BrN6O3. The van der Waals surface area contributed by atoms with Gasteiger partial charge in [-0.3, -0.25) is 18.5 Å². The molecule has 0 saturated heterocycles. The number of halogens is 1. The molecule has 0 radical (unpaired) electrons. The van der Waals surface area contributed by atoms with E-state index in [1.54, 1.807) is 11.6 Å². The topological polar surface area (TPSA) is 101 Å². The lowest BCUT2D eigenvalue weighted by Gasteiger charge is -2.07. The lowest BCUT2D eigenvalue weighted by atomic mass is 10.2. The van der Waals surface area contributed by atoms with Gasteiger partial charge in [-0.15, -0.1) is 0 Å². The van der Waals surface area contributed by atoms with Crippen LogP contribution in [0.4, 0.5) is 0 Å². The summed E-state index contributed by atoms with van der Waals surface area (Å²) in [5.74, 6) is 1.05. The molecule has 0 saturated carbocycles. The highest BCUT2D eigenvalue weighted by molar-refractivity contribution is 9.10. The number of hydrogen-bond donors (Lipinski definition) is 0. The third-order valence-corrected chi connectivity index (χ3v) is 4.45. The molecule has 0 amide bonds. The van der Waals surface area contributed by atoms with Crippen molar-refractivity contribution in [3.8, 4) is 0 Å². The van der Waals surface area contributed by atoms with Gasteiger partial charge in [-0.1, -0.05) is 18.5 Å². The van der Waals surface area contributed by atoms with Crippen LogP contribution in [0.5, 0.6) is 0 Å². The predicted octanol–water partition coefficient (Wildman–Crippen LogP) is 0.970. The number of unbranched alkanes of at least 4 members (excludes halogenated alkanes) is 1. The zero-order chi connectivity index (χ0) is 17.4. The van der Waals surface area contributed by atoms with Crippen molar-refractivity contribution in [1.29, 1.82) is 0 Å². The summed E-state index contributed by atoms with van der Waals surface area (Å²) in [7, 11) is 3.02. The van der Waals surface area contributed by atoms with Crippen molar-refractivity contribution >= 4 is 27.1 Å². The predicted molar refractivity (Wildman–Crippen MR) is 89.9 cm³/mol. The highest BCUT2D eigenvalue weighted by Crippen LogP contribution is 2.18. The second-order valence-electron chi connectivity index (χ2n) is 5.55. The number of rotatable bonds is 5. The van der Waals surface area contributed by atoms with E-state index in [0.717, 1.165) is 23.8 Å². The van der Waals surface area contributed by atoms with Gasteiger partial charge < -0.3 is 4.52 Å². The van der Waals surface area contributed by atoms with E-state index in [9.17, 15) is 9.59 Å². The Kier molecular flexibility index (Phi) is 4.39. The molecule has 0 atom stereocenters. The molecule has 10 heteroatoms. The minimum Gasteiger partial charge on any atom is -0.339 e. The van der Waals surface area contributed by atoms with Gasteiger partial charge in [0.05, 0.1) is 6.54 Å². The maximum atomic E-state index is 12.2. The molecule has 0 unspecified atom stereocenters. The minimum atomic E-state index is -0.440. The van der Waals surface area contributed by atoms with E-state index in [-0.39, 0.29) is 12.1 Å². The third kappa shape index (κ3) is 2.70. The number of aryl methyl sites for hydroxylation is 2. The molecule has 3 aromatic heterocycles. The van der Waals surface area contributed by atoms with Crippen LogP contribution in [-0.4, -0.2) is 28.8 Å². The molecule has 24 heavy (non-hydrogen) atoms. The summed E-state index contributed by atoms with van der Waals surface area (Å²) in [6, 6.07) is 0. The lowest BCUT2D eigenvalue weighted by Crippen LogP contribution is -2.37. The summed E-state index contributed by atoms with van der Waals surface area (Å²) >= 11 is 3.34. The highest BCUT2D eigenvalue weighted by Gasteiger charge is 2.19. The Hall–Kier alpha value is -2.23. The molecule has 0 N–H and O–H groups in total.